The predicted octanol–water partition coefficient (Wildman–Crippen LogP) is 6.59. The first-order chi connectivity index (χ1) is 38.5. The van der Waals surface area contributed by atoms with Crippen LogP contribution >= 0.6 is 0 Å². The number of ether oxygens (including phenoxy) is 16. The number of allylic oxidation sites excluding steroid dienone is 2. The van der Waals surface area contributed by atoms with E-state index in [0.717, 1.165) is 19.3 Å². The largest absolute Gasteiger partial charge is 0.389 e. The molecule has 3 N–H and O–H groups in total. The maximum absolute atomic E-state index is 13.2. The standard InChI is InChI=1S/C61H100O20/c1-16-30(2)58(64)77-47-24-41-40(61(65)22-20-39(31(3)62)60(47,61)10)18-17-37-23-38(19-21-59(37,41)9)76-48-26-43(67-12)54(33(5)72-48)79-50-28-45(69-14)56(35(7)74-50)81-52-29-46(70-15)57(36(8)75-52)80-51-27-44(68-13)55(34(6)73-51)78-49-25-42(66-11)53(63)32(4)71-49/h16-17,32-36,38-58,63-65H,18-29H2,1-15H3/b30-16-/t32?,33?,34?,35?,36?,38?,39?,40?,41?,42?,43?,44?,45?,46?,47-,48?,49?,50?,51?,52?,53?,54?,55?,56?,57?,58?,59+,60+,61+/m1/s1. The minimum Gasteiger partial charge on any atom is -0.389 e. The van der Waals surface area contributed by atoms with Crippen molar-refractivity contribution in [1.29, 1.82) is 0 Å². The van der Waals surface area contributed by atoms with Gasteiger partial charge in [0.2, 0.25) is 0 Å². The van der Waals surface area contributed by atoms with Crippen LogP contribution in [0.3, 0.4) is 0 Å². The van der Waals surface area contributed by atoms with Gasteiger partial charge in [0.05, 0.1) is 78.8 Å². The lowest BCUT2D eigenvalue weighted by atomic mass is 9.45. The molecule has 0 aromatic carbocycles. The van der Waals surface area contributed by atoms with Crippen LogP contribution in [0.2, 0.25) is 0 Å². The number of aliphatic hydroxyl groups excluding tert-OH is 2. The fourth-order valence-corrected chi connectivity index (χ4v) is 16.2. The van der Waals surface area contributed by atoms with E-state index in [2.05, 4.69) is 13.0 Å². The molecular weight excluding hydrogens is 1050 g/mol. The smallest absolute Gasteiger partial charge is 0.177 e. The number of hydrogen-bond acceptors (Lipinski definition) is 20. The van der Waals surface area contributed by atoms with Crippen molar-refractivity contribution < 1.29 is 95.9 Å². The summed E-state index contributed by atoms with van der Waals surface area (Å²) in [6.07, 6.45) is -0.209. The molecule has 9 aliphatic rings. The Morgan fingerprint density at radius 2 is 1.02 bits per heavy atom. The van der Waals surface area contributed by atoms with Gasteiger partial charge in [-0.2, -0.15) is 0 Å². The summed E-state index contributed by atoms with van der Waals surface area (Å²) in [5.74, 6) is -0.212. The molecule has 20 nitrogen and oxygen atoms in total. The molecule has 9 rings (SSSR count). The van der Waals surface area contributed by atoms with Crippen LogP contribution in [0, 0.1) is 28.6 Å². The molecule has 5 aliphatic heterocycles. The molecule has 8 fully saturated rings. The summed E-state index contributed by atoms with van der Waals surface area (Å²) >= 11 is 0. The van der Waals surface area contributed by atoms with Gasteiger partial charge in [0.25, 0.3) is 0 Å². The monoisotopic (exact) mass is 1150 g/mol. The Balaban J connectivity index is 0.762. The summed E-state index contributed by atoms with van der Waals surface area (Å²) in [6, 6.07) is 0. The fraction of sp³-hybridized carbons (Fsp3) is 0.918. The first-order valence-electron chi connectivity index (χ1n) is 30.3. The molecule has 29 atom stereocenters. The Morgan fingerprint density at radius 3 is 1.44 bits per heavy atom. The van der Waals surface area contributed by atoms with Crippen LogP contribution in [0.25, 0.3) is 0 Å². The van der Waals surface area contributed by atoms with Gasteiger partial charge in [0.1, 0.15) is 36.3 Å². The highest BCUT2D eigenvalue weighted by Crippen LogP contribution is 2.69. The Hall–Kier alpha value is -1.61. The lowest BCUT2D eigenvalue weighted by Crippen LogP contribution is -2.67. The number of ketones is 1. The molecule has 81 heavy (non-hydrogen) atoms. The van der Waals surface area contributed by atoms with Crippen molar-refractivity contribution >= 4 is 5.78 Å². The van der Waals surface area contributed by atoms with Crippen LogP contribution in [-0.4, -0.2) is 204 Å². The maximum Gasteiger partial charge on any atom is 0.177 e. The lowest BCUT2D eigenvalue weighted by Gasteiger charge is -2.63. The molecule has 0 aromatic rings. The zero-order chi connectivity index (χ0) is 58.5. The van der Waals surface area contributed by atoms with E-state index in [1.807, 2.05) is 54.5 Å². The first kappa shape index (κ1) is 63.9. The normalized spacial score (nSPS) is 50.0. The van der Waals surface area contributed by atoms with Crippen molar-refractivity contribution in [2.45, 2.75) is 293 Å². The maximum atomic E-state index is 13.2. The van der Waals surface area contributed by atoms with Crippen molar-refractivity contribution in [3.63, 3.8) is 0 Å². The predicted molar refractivity (Wildman–Crippen MR) is 292 cm³/mol. The van der Waals surface area contributed by atoms with Crippen molar-refractivity contribution in [2.24, 2.45) is 28.6 Å². The molecule has 0 spiro atoms. The summed E-state index contributed by atoms with van der Waals surface area (Å²) in [7, 11) is 8.23. The quantitative estimate of drug-likeness (QED) is 0.0917. The van der Waals surface area contributed by atoms with Crippen LogP contribution in [0.15, 0.2) is 23.3 Å². The van der Waals surface area contributed by atoms with E-state index in [1.165, 1.54) is 5.57 Å². The second kappa shape index (κ2) is 26.4. The Labute approximate surface area is 481 Å². The van der Waals surface area contributed by atoms with Gasteiger partial charge in [0, 0.05) is 79.0 Å². The van der Waals surface area contributed by atoms with Gasteiger partial charge in [-0.05, 0) is 123 Å². The van der Waals surface area contributed by atoms with Gasteiger partial charge in [0.15, 0.2) is 37.7 Å². The van der Waals surface area contributed by atoms with Crippen LogP contribution in [0.5, 0.6) is 0 Å². The molecular formula is C61H100O20. The summed E-state index contributed by atoms with van der Waals surface area (Å²) < 4.78 is 102. The van der Waals surface area contributed by atoms with Crippen molar-refractivity contribution in [2.75, 3.05) is 35.5 Å². The van der Waals surface area contributed by atoms with Gasteiger partial charge in [-0.25, -0.2) is 0 Å². The minimum absolute atomic E-state index is 0.0347. The molecule has 464 valence electrons. The SMILES string of the molecule is C/C=C(/C)C(O)O[C@@H]1CC2C(CC=C3CC(OC4CC(OC)C(OC5CC(OC)C(OC6CC(OC)C(OC7CC(OC)C(OC8CC(OC)C(O)C(C)O8)C(C)O7)C(C)O6)C(C)O5)C(C)O4)CC[C@@]32C)[C@@]2(O)CCC(C(C)=O)[C@@]12C. The van der Waals surface area contributed by atoms with Crippen LogP contribution in [0.4, 0.5) is 0 Å². The average Bonchev–Trinajstić information content (AvgIpc) is 2.06. The molecule has 20 heteroatoms. The highest BCUT2D eigenvalue weighted by Gasteiger charge is 2.71. The number of carbonyl (C=O) groups is 1. The fourth-order valence-electron chi connectivity index (χ4n) is 16.2. The topological polar surface area (TPSA) is 225 Å². The zero-order valence-corrected chi connectivity index (χ0v) is 50.9. The van der Waals surface area contributed by atoms with E-state index >= 15 is 0 Å². The van der Waals surface area contributed by atoms with Crippen molar-refractivity contribution in [3.05, 3.63) is 23.3 Å². The van der Waals surface area contributed by atoms with Crippen LogP contribution in [0.1, 0.15) is 146 Å². The van der Waals surface area contributed by atoms with Gasteiger partial charge in [-0.15, -0.1) is 0 Å². The molecule has 3 saturated carbocycles. The third-order valence-corrected chi connectivity index (χ3v) is 21.2. The third kappa shape index (κ3) is 12.6. The van der Waals surface area contributed by atoms with Crippen molar-refractivity contribution in [3.8, 4) is 0 Å². The molecule has 4 aliphatic carbocycles. The number of aliphatic hydroxyl groups is 3. The average molecular weight is 1150 g/mol. The van der Waals surface area contributed by atoms with E-state index in [-0.39, 0.29) is 65.6 Å². The Morgan fingerprint density at radius 1 is 0.605 bits per heavy atom. The van der Waals surface area contributed by atoms with Gasteiger partial charge in [-0.3, -0.25) is 4.79 Å². The summed E-state index contributed by atoms with van der Waals surface area (Å²) in [5.41, 5.74) is -0.113. The van der Waals surface area contributed by atoms with Crippen LogP contribution in [-0.2, 0) is 80.6 Å². The van der Waals surface area contributed by atoms with E-state index in [9.17, 15) is 20.1 Å². The van der Waals surface area contributed by atoms with Gasteiger partial charge < -0.3 is 91.1 Å². The van der Waals surface area contributed by atoms with Crippen molar-refractivity contribution in [1.82, 2.24) is 0 Å². The lowest BCUT2D eigenvalue weighted by molar-refractivity contribution is -0.352. The molecule has 5 saturated heterocycles. The first-order valence-corrected chi connectivity index (χ1v) is 30.3. The number of carbonyl (C=O) groups excluding carboxylic acids is 1. The summed E-state index contributed by atoms with van der Waals surface area (Å²) in [6.45, 7) is 19.3. The number of rotatable bonds is 19. The Kier molecular flexibility index (Phi) is 20.8. The molecule has 0 bridgehead atoms. The highest BCUT2D eigenvalue weighted by atomic mass is 16.8. The third-order valence-electron chi connectivity index (χ3n) is 21.2. The highest BCUT2D eigenvalue weighted by molar-refractivity contribution is 5.80. The molecule has 0 radical (unpaired) electrons. The number of fused-ring (bicyclic) bond motifs is 5. The molecule has 0 amide bonds. The van der Waals surface area contributed by atoms with E-state index in [4.69, 9.17) is 75.8 Å². The molecule has 0 aromatic heterocycles. The minimum atomic E-state index is -1.12. The number of Topliss-reactive ketones (excluding diaryl/α,β-unsaturated/α-hetero) is 1. The van der Waals surface area contributed by atoms with Gasteiger partial charge in [-0.1, -0.05) is 31.6 Å². The summed E-state index contributed by atoms with van der Waals surface area (Å²) in [4.78, 5) is 13.2. The Bertz CT molecular complexity index is 2150. The summed E-state index contributed by atoms with van der Waals surface area (Å²) in [5, 5.41) is 34.6. The molecule has 5 heterocycles. The zero-order valence-electron chi connectivity index (χ0n) is 50.9. The van der Waals surface area contributed by atoms with E-state index < -0.39 is 116 Å². The van der Waals surface area contributed by atoms with E-state index in [0.29, 0.717) is 63.4 Å². The molecule has 25 unspecified atom stereocenters. The van der Waals surface area contributed by atoms with E-state index in [1.54, 1.807) is 49.4 Å². The van der Waals surface area contributed by atoms with Crippen LogP contribution < -0.4 is 0 Å². The van der Waals surface area contributed by atoms with Gasteiger partial charge >= 0.3 is 0 Å². The second-order valence-corrected chi connectivity index (χ2v) is 25.5. The second-order valence-electron chi connectivity index (χ2n) is 25.5. The number of hydrogen-bond donors (Lipinski definition) is 3. The number of methoxy groups -OCH3 is 5.